The standard InChI is InChI=1S/C14H18BrFN2O/c15-11-5-3-6-12(16)13(11)14(19)18-9-2-1-4-10(18)7-8-17/h3,5-6,10H,1-2,4,7-9,17H2. The van der Waals surface area contributed by atoms with Crippen molar-refractivity contribution < 1.29 is 9.18 Å². The fourth-order valence-electron chi connectivity index (χ4n) is 2.61. The average molecular weight is 329 g/mol. The molecule has 104 valence electrons. The lowest BCUT2D eigenvalue weighted by atomic mass is 9.98. The van der Waals surface area contributed by atoms with Gasteiger partial charge in [-0.3, -0.25) is 4.79 Å². The summed E-state index contributed by atoms with van der Waals surface area (Å²) in [6, 6.07) is 4.74. The summed E-state index contributed by atoms with van der Waals surface area (Å²) in [6.45, 7) is 1.23. The summed E-state index contributed by atoms with van der Waals surface area (Å²) in [5, 5.41) is 0. The second-order valence-electron chi connectivity index (χ2n) is 4.82. The molecule has 0 aromatic heterocycles. The Kier molecular flexibility index (Phi) is 4.93. The molecule has 1 aliphatic heterocycles. The van der Waals surface area contributed by atoms with Gasteiger partial charge in [0.1, 0.15) is 5.82 Å². The molecule has 0 bridgehead atoms. The Morgan fingerprint density at radius 2 is 2.26 bits per heavy atom. The van der Waals surface area contributed by atoms with Gasteiger partial charge in [-0.2, -0.15) is 0 Å². The second-order valence-corrected chi connectivity index (χ2v) is 5.68. The van der Waals surface area contributed by atoms with E-state index in [4.69, 9.17) is 5.73 Å². The minimum absolute atomic E-state index is 0.131. The Morgan fingerprint density at radius 3 is 2.95 bits per heavy atom. The van der Waals surface area contributed by atoms with Gasteiger partial charge in [0, 0.05) is 17.1 Å². The first-order valence-corrected chi connectivity index (χ1v) is 7.39. The summed E-state index contributed by atoms with van der Waals surface area (Å²) in [4.78, 5) is 14.3. The summed E-state index contributed by atoms with van der Waals surface area (Å²) in [7, 11) is 0. The number of rotatable bonds is 3. The van der Waals surface area contributed by atoms with Crippen molar-refractivity contribution in [1.82, 2.24) is 4.90 Å². The van der Waals surface area contributed by atoms with Gasteiger partial charge in [-0.1, -0.05) is 6.07 Å². The number of likely N-dealkylation sites (tertiary alicyclic amines) is 1. The third-order valence-electron chi connectivity index (χ3n) is 3.56. The molecule has 2 rings (SSSR count). The number of benzene rings is 1. The number of piperidine rings is 1. The molecule has 0 saturated carbocycles. The van der Waals surface area contributed by atoms with E-state index in [9.17, 15) is 9.18 Å². The summed E-state index contributed by atoms with van der Waals surface area (Å²) in [5.41, 5.74) is 5.73. The van der Waals surface area contributed by atoms with Crippen LogP contribution in [0.5, 0.6) is 0 Å². The Labute approximate surface area is 121 Å². The predicted octanol–water partition coefficient (Wildman–Crippen LogP) is 2.93. The van der Waals surface area contributed by atoms with Crippen LogP contribution in [-0.4, -0.2) is 29.9 Å². The number of amides is 1. The summed E-state index contributed by atoms with van der Waals surface area (Å²) < 4.78 is 14.4. The fourth-order valence-corrected chi connectivity index (χ4v) is 3.12. The van der Waals surface area contributed by atoms with Crippen molar-refractivity contribution in [2.75, 3.05) is 13.1 Å². The highest BCUT2D eigenvalue weighted by Crippen LogP contribution is 2.26. The van der Waals surface area contributed by atoms with Gasteiger partial charge < -0.3 is 10.6 Å². The molecule has 1 saturated heterocycles. The molecule has 2 N–H and O–H groups in total. The molecule has 1 aromatic rings. The minimum atomic E-state index is -0.476. The smallest absolute Gasteiger partial charge is 0.258 e. The summed E-state index contributed by atoms with van der Waals surface area (Å²) >= 11 is 3.26. The molecular formula is C14H18BrFN2O. The molecule has 1 unspecified atom stereocenters. The van der Waals surface area contributed by atoms with E-state index in [0.717, 1.165) is 25.7 Å². The number of hydrogen-bond donors (Lipinski definition) is 1. The highest BCUT2D eigenvalue weighted by atomic mass is 79.9. The monoisotopic (exact) mass is 328 g/mol. The van der Waals surface area contributed by atoms with E-state index in [0.29, 0.717) is 17.6 Å². The first-order valence-electron chi connectivity index (χ1n) is 6.60. The van der Waals surface area contributed by atoms with Crippen LogP contribution in [0.25, 0.3) is 0 Å². The van der Waals surface area contributed by atoms with Crippen molar-refractivity contribution in [2.45, 2.75) is 31.7 Å². The van der Waals surface area contributed by atoms with Crippen molar-refractivity contribution in [3.05, 3.63) is 34.1 Å². The SMILES string of the molecule is NCCC1CCCCN1C(=O)c1c(F)cccc1Br. The molecule has 5 heteroatoms. The quantitative estimate of drug-likeness (QED) is 0.927. The van der Waals surface area contributed by atoms with E-state index in [1.54, 1.807) is 17.0 Å². The van der Waals surface area contributed by atoms with Crippen LogP contribution in [0.3, 0.4) is 0 Å². The summed E-state index contributed by atoms with van der Waals surface area (Å²) in [6.07, 6.45) is 3.80. The molecule has 1 fully saturated rings. The maximum atomic E-state index is 13.9. The zero-order valence-corrected chi connectivity index (χ0v) is 12.3. The lowest BCUT2D eigenvalue weighted by Crippen LogP contribution is -2.45. The van der Waals surface area contributed by atoms with Crippen molar-refractivity contribution in [3.63, 3.8) is 0 Å². The Balaban J connectivity index is 2.26. The van der Waals surface area contributed by atoms with Crippen LogP contribution in [0, 0.1) is 5.82 Å². The zero-order valence-electron chi connectivity index (χ0n) is 10.7. The van der Waals surface area contributed by atoms with Crippen LogP contribution in [-0.2, 0) is 0 Å². The molecule has 1 aromatic carbocycles. The molecule has 1 amide bonds. The van der Waals surface area contributed by atoms with Crippen LogP contribution in [0.15, 0.2) is 22.7 Å². The lowest BCUT2D eigenvalue weighted by molar-refractivity contribution is 0.0599. The van der Waals surface area contributed by atoms with Gasteiger partial charge in [-0.25, -0.2) is 4.39 Å². The first kappa shape index (κ1) is 14.5. The second kappa shape index (κ2) is 6.48. The normalized spacial score (nSPS) is 19.5. The van der Waals surface area contributed by atoms with Crippen LogP contribution in [0.1, 0.15) is 36.0 Å². The molecule has 0 aliphatic carbocycles. The van der Waals surface area contributed by atoms with Gasteiger partial charge in [-0.05, 0) is 60.3 Å². The minimum Gasteiger partial charge on any atom is -0.335 e. The van der Waals surface area contributed by atoms with Crippen LogP contribution in [0.4, 0.5) is 4.39 Å². The van der Waals surface area contributed by atoms with Gasteiger partial charge in [0.2, 0.25) is 0 Å². The largest absolute Gasteiger partial charge is 0.335 e. The lowest BCUT2D eigenvalue weighted by Gasteiger charge is -2.36. The van der Waals surface area contributed by atoms with E-state index in [1.807, 2.05) is 0 Å². The Bertz CT molecular complexity index is 445. The van der Waals surface area contributed by atoms with Crippen LogP contribution < -0.4 is 5.73 Å². The molecule has 19 heavy (non-hydrogen) atoms. The zero-order chi connectivity index (χ0) is 13.8. The molecule has 0 radical (unpaired) electrons. The van der Waals surface area contributed by atoms with Gasteiger partial charge in [-0.15, -0.1) is 0 Å². The molecular weight excluding hydrogens is 311 g/mol. The molecule has 1 atom stereocenters. The number of nitrogens with zero attached hydrogens (tertiary/aromatic N) is 1. The van der Waals surface area contributed by atoms with Crippen molar-refractivity contribution in [2.24, 2.45) is 5.73 Å². The van der Waals surface area contributed by atoms with Crippen molar-refractivity contribution in [1.29, 1.82) is 0 Å². The van der Waals surface area contributed by atoms with Crippen LogP contribution in [0.2, 0.25) is 0 Å². The van der Waals surface area contributed by atoms with Gasteiger partial charge in [0.15, 0.2) is 0 Å². The number of carbonyl (C=O) groups excluding carboxylic acids is 1. The van der Waals surface area contributed by atoms with E-state index in [2.05, 4.69) is 15.9 Å². The highest BCUT2D eigenvalue weighted by molar-refractivity contribution is 9.10. The van der Waals surface area contributed by atoms with E-state index < -0.39 is 5.82 Å². The Hall–Kier alpha value is -0.940. The van der Waals surface area contributed by atoms with Gasteiger partial charge >= 0.3 is 0 Å². The molecule has 1 aliphatic rings. The topological polar surface area (TPSA) is 46.3 Å². The Morgan fingerprint density at radius 1 is 1.47 bits per heavy atom. The van der Waals surface area contributed by atoms with Crippen molar-refractivity contribution in [3.8, 4) is 0 Å². The number of hydrogen-bond acceptors (Lipinski definition) is 2. The molecule has 1 heterocycles. The maximum Gasteiger partial charge on any atom is 0.258 e. The van der Waals surface area contributed by atoms with Gasteiger partial charge in [0.05, 0.1) is 5.56 Å². The third kappa shape index (κ3) is 3.15. The van der Waals surface area contributed by atoms with Crippen molar-refractivity contribution >= 4 is 21.8 Å². The summed E-state index contributed by atoms with van der Waals surface area (Å²) in [5.74, 6) is -0.709. The van der Waals surface area contributed by atoms with Gasteiger partial charge in [0.25, 0.3) is 5.91 Å². The maximum absolute atomic E-state index is 13.9. The van der Waals surface area contributed by atoms with Crippen LogP contribution >= 0.6 is 15.9 Å². The average Bonchev–Trinajstić information content (AvgIpc) is 2.39. The van der Waals surface area contributed by atoms with E-state index in [1.165, 1.54) is 6.07 Å². The number of carbonyl (C=O) groups is 1. The molecule has 3 nitrogen and oxygen atoms in total. The first-order chi connectivity index (χ1) is 9.15. The highest BCUT2D eigenvalue weighted by Gasteiger charge is 2.29. The fraction of sp³-hybridized carbons (Fsp3) is 0.500. The number of nitrogens with two attached hydrogens (primary N) is 1. The van der Waals surface area contributed by atoms with E-state index >= 15 is 0 Å². The van der Waals surface area contributed by atoms with E-state index in [-0.39, 0.29) is 17.5 Å². The molecule has 0 spiro atoms. The third-order valence-corrected chi connectivity index (χ3v) is 4.23. The number of halogens is 2. The predicted molar refractivity (Wildman–Crippen MR) is 76.4 cm³/mol.